The number of hydrogen-bond acceptors (Lipinski definition) is 4. The Morgan fingerprint density at radius 2 is 1.78 bits per heavy atom. The van der Waals surface area contributed by atoms with Gasteiger partial charge in [-0.15, -0.1) is 0 Å². The largest absolute Gasteiger partial charge is 0.215 e. The Labute approximate surface area is 140 Å². The van der Waals surface area contributed by atoms with E-state index in [1.807, 2.05) is 13.8 Å². The molecule has 0 aromatic carbocycles. The summed E-state index contributed by atoms with van der Waals surface area (Å²) in [5.74, 6) is 0.589. The zero-order valence-electron chi connectivity index (χ0n) is 14.7. The first-order valence-electron chi connectivity index (χ1n) is 8.24. The number of rotatable bonds is 7. The molecule has 2 rings (SSSR count). The van der Waals surface area contributed by atoms with Gasteiger partial charge in [-0.25, -0.2) is 26.3 Å². The standard InChI is InChI=1S/C15H30N2O4S2/c1-11(2)9-16-23(20,21)10-15-7-6-12(14(15,3)4)8-13(15)17-22(5,18)19/h11-13,16-17H,6-10H2,1-5H3/t12-,13+,15-/m1/s1. The van der Waals surface area contributed by atoms with Gasteiger partial charge in [0.1, 0.15) is 0 Å². The van der Waals surface area contributed by atoms with Crippen LogP contribution in [0.2, 0.25) is 0 Å². The molecular weight excluding hydrogens is 336 g/mol. The number of fused-ring (bicyclic) bond motifs is 2. The molecule has 2 aliphatic rings. The van der Waals surface area contributed by atoms with Crippen molar-refractivity contribution in [2.75, 3.05) is 18.6 Å². The van der Waals surface area contributed by atoms with E-state index in [-0.39, 0.29) is 23.1 Å². The van der Waals surface area contributed by atoms with Crippen molar-refractivity contribution in [3.8, 4) is 0 Å². The molecule has 2 saturated carbocycles. The van der Waals surface area contributed by atoms with E-state index in [0.717, 1.165) is 25.5 Å². The minimum Gasteiger partial charge on any atom is -0.215 e. The molecule has 0 aromatic rings. The Kier molecular flexibility index (Phi) is 4.97. The summed E-state index contributed by atoms with van der Waals surface area (Å²) in [7, 11) is -6.81. The van der Waals surface area contributed by atoms with Crippen molar-refractivity contribution in [3.63, 3.8) is 0 Å². The lowest BCUT2D eigenvalue weighted by atomic mass is 9.69. The highest BCUT2D eigenvalue weighted by Gasteiger charge is 2.65. The van der Waals surface area contributed by atoms with Gasteiger partial charge in [0.25, 0.3) is 0 Å². The highest BCUT2D eigenvalue weighted by atomic mass is 32.2. The summed E-state index contributed by atoms with van der Waals surface area (Å²) in [6.45, 7) is 8.51. The number of sulfonamides is 2. The van der Waals surface area contributed by atoms with Crippen LogP contribution in [-0.4, -0.2) is 41.4 Å². The van der Waals surface area contributed by atoms with Crippen LogP contribution in [0.5, 0.6) is 0 Å². The summed E-state index contributed by atoms with van der Waals surface area (Å²) in [5.41, 5.74) is -0.731. The Morgan fingerprint density at radius 1 is 1.17 bits per heavy atom. The lowest BCUT2D eigenvalue weighted by Crippen LogP contribution is -2.53. The van der Waals surface area contributed by atoms with Gasteiger partial charge in [0.05, 0.1) is 12.0 Å². The van der Waals surface area contributed by atoms with Crippen molar-refractivity contribution in [3.05, 3.63) is 0 Å². The van der Waals surface area contributed by atoms with Gasteiger partial charge in [-0.1, -0.05) is 27.7 Å². The van der Waals surface area contributed by atoms with Crippen molar-refractivity contribution in [1.82, 2.24) is 9.44 Å². The van der Waals surface area contributed by atoms with E-state index < -0.39 is 25.5 Å². The molecule has 2 bridgehead atoms. The molecule has 2 aliphatic carbocycles. The van der Waals surface area contributed by atoms with Crippen LogP contribution in [0, 0.1) is 22.7 Å². The second-order valence-corrected chi connectivity index (χ2v) is 11.9. The van der Waals surface area contributed by atoms with Gasteiger partial charge in [-0.05, 0) is 36.5 Å². The Morgan fingerprint density at radius 3 is 2.26 bits per heavy atom. The van der Waals surface area contributed by atoms with Crippen LogP contribution in [0.25, 0.3) is 0 Å². The van der Waals surface area contributed by atoms with E-state index >= 15 is 0 Å². The minimum atomic E-state index is -3.45. The number of nitrogens with one attached hydrogen (secondary N) is 2. The molecule has 6 nitrogen and oxygen atoms in total. The van der Waals surface area contributed by atoms with Crippen molar-refractivity contribution in [2.45, 2.75) is 53.0 Å². The molecule has 2 N–H and O–H groups in total. The van der Waals surface area contributed by atoms with Crippen LogP contribution < -0.4 is 9.44 Å². The summed E-state index contributed by atoms with van der Waals surface area (Å²) in [5, 5.41) is 0. The maximum atomic E-state index is 12.6. The lowest BCUT2D eigenvalue weighted by molar-refractivity contribution is 0.133. The van der Waals surface area contributed by atoms with E-state index in [9.17, 15) is 16.8 Å². The van der Waals surface area contributed by atoms with Crippen LogP contribution in [0.15, 0.2) is 0 Å². The van der Waals surface area contributed by atoms with Gasteiger partial charge >= 0.3 is 0 Å². The van der Waals surface area contributed by atoms with Crippen molar-refractivity contribution in [1.29, 1.82) is 0 Å². The predicted molar refractivity (Wildman–Crippen MR) is 92.0 cm³/mol. The van der Waals surface area contributed by atoms with Crippen LogP contribution in [-0.2, 0) is 20.0 Å². The first kappa shape index (κ1) is 19.1. The molecular formula is C15H30N2O4S2. The third-order valence-electron chi connectivity index (χ3n) is 5.95. The van der Waals surface area contributed by atoms with Crippen LogP contribution in [0.1, 0.15) is 47.0 Å². The molecule has 0 aliphatic heterocycles. The third kappa shape index (κ3) is 3.75. The highest BCUT2D eigenvalue weighted by molar-refractivity contribution is 7.89. The van der Waals surface area contributed by atoms with Gasteiger partial charge in [-0.2, -0.15) is 0 Å². The Bertz CT molecular complexity index is 655. The van der Waals surface area contributed by atoms with Crippen LogP contribution in [0.4, 0.5) is 0 Å². The molecule has 0 radical (unpaired) electrons. The van der Waals surface area contributed by atoms with Crippen molar-refractivity contribution in [2.24, 2.45) is 22.7 Å². The molecule has 0 heterocycles. The molecule has 8 heteroatoms. The first-order valence-corrected chi connectivity index (χ1v) is 11.8. The summed E-state index contributed by atoms with van der Waals surface area (Å²) in [6.07, 6.45) is 3.58. The monoisotopic (exact) mass is 366 g/mol. The van der Waals surface area contributed by atoms with Crippen LogP contribution in [0.3, 0.4) is 0 Å². The summed E-state index contributed by atoms with van der Waals surface area (Å²) < 4.78 is 54.0. The van der Waals surface area contributed by atoms with Crippen LogP contribution >= 0.6 is 0 Å². The summed E-state index contributed by atoms with van der Waals surface area (Å²) in [6, 6.07) is -0.304. The van der Waals surface area contributed by atoms with Gasteiger partial charge in [0.2, 0.25) is 20.0 Å². The minimum absolute atomic E-state index is 0.0105. The van der Waals surface area contributed by atoms with Gasteiger partial charge in [-0.3, -0.25) is 0 Å². The molecule has 136 valence electrons. The SMILES string of the molecule is CC(C)CNS(=O)(=O)C[C@]12CC[C@H](C[C@@H]1NS(C)(=O)=O)C2(C)C. The summed E-state index contributed by atoms with van der Waals surface area (Å²) in [4.78, 5) is 0. The fraction of sp³-hybridized carbons (Fsp3) is 1.00. The molecule has 0 aromatic heterocycles. The van der Waals surface area contributed by atoms with E-state index in [1.54, 1.807) is 0 Å². The zero-order valence-corrected chi connectivity index (χ0v) is 16.4. The molecule has 2 fully saturated rings. The fourth-order valence-electron chi connectivity index (χ4n) is 4.53. The molecule has 0 spiro atoms. The van der Waals surface area contributed by atoms with E-state index in [4.69, 9.17) is 0 Å². The quantitative estimate of drug-likeness (QED) is 0.710. The predicted octanol–water partition coefficient (Wildman–Crippen LogP) is 1.31. The second kappa shape index (κ2) is 5.97. The normalized spacial score (nSPS) is 33.5. The second-order valence-electron chi connectivity index (χ2n) is 8.29. The lowest BCUT2D eigenvalue weighted by Gasteiger charge is -2.42. The van der Waals surface area contributed by atoms with Crippen molar-refractivity contribution >= 4 is 20.0 Å². The van der Waals surface area contributed by atoms with Crippen molar-refractivity contribution < 1.29 is 16.8 Å². The maximum Gasteiger partial charge on any atom is 0.212 e. The topological polar surface area (TPSA) is 92.3 Å². The first-order chi connectivity index (χ1) is 10.3. The Hall–Kier alpha value is -0.180. The fourth-order valence-corrected chi connectivity index (χ4v) is 7.45. The number of hydrogen-bond donors (Lipinski definition) is 2. The molecule has 0 saturated heterocycles. The van der Waals surface area contributed by atoms with Gasteiger partial charge in [0, 0.05) is 18.0 Å². The zero-order chi connectivity index (χ0) is 17.7. The summed E-state index contributed by atoms with van der Waals surface area (Å²) >= 11 is 0. The average molecular weight is 367 g/mol. The van der Waals surface area contributed by atoms with E-state index in [1.165, 1.54) is 0 Å². The Balaban J connectivity index is 2.29. The van der Waals surface area contributed by atoms with Gasteiger partial charge < -0.3 is 0 Å². The average Bonchev–Trinajstić information content (AvgIpc) is 2.68. The van der Waals surface area contributed by atoms with E-state index in [2.05, 4.69) is 23.3 Å². The molecule has 3 atom stereocenters. The third-order valence-corrected chi connectivity index (χ3v) is 8.16. The molecule has 0 amide bonds. The highest BCUT2D eigenvalue weighted by Crippen LogP contribution is 2.66. The molecule has 0 unspecified atom stereocenters. The maximum absolute atomic E-state index is 12.6. The van der Waals surface area contributed by atoms with Gasteiger partial charge in [0.15, 0.2) is 0 Å². The molecule has 23 heavy (non-hydrogen) atoms. The smallest absolute Gasteiger partial charge is 0.212 e. The van der Waals surface area contributed by atoms with E-state index in [0.29, 0.717) is 12.5 Å².